The van der Waals surface area contributed by atoms with Crippen molar-refractivity contribution in [3.8, 4) is 5.75 Å². The van der Waals surface area contributed by atoms with Gasteiger partial charge >= 0.3 is 6.03 Å². The minimum atomic E-state index is -0.377. The minimum Gasteiger partial charge on any atom is -0.492 e. The van der Waals surface area contributed by atoms with Crippen LogP contribution in [0.3, 0.4) is 0 Å². The van der Waals surface area contributed by atoms with Crippen LogP contribution in [0.1, 0.15) is 6.92 Å². The second-order valence-electron chi connectivity index (χ2n) is 5.18. The molecule has 0 unspecified atom stereocenters. The molecule has 1 N–H and O–H groups in total. The molecule has 1 atom stereocenters. The molecule has 1 aromatic carbocycles. The smallest absolute Gasteiger partial charge is 0.324 e. The van der Waals surface area contributed by atoms with Crippen LogP contribution in [0.2, 0.25) is 5.02 Å². The van der Waals surface area contributed by atoms with Crippen molar-refractivity contribution in [1.82, 2.24) is 15.1 Å². The largest absolute Gasteiger partial charge is 0.492 e. The van der Waals surface area contributed by atoms with Gasteiger partial charge in [0.1, 0.15) is 12.4 Å². The fraction of sp³-hybridized carbons (Fsp3) is 0.467. The van der Waals surface area contributed by atoms with Crippen LogP contribution in [0.5, 0.6) is 5.75 Å². The molecule has 1 heterocycles. The van der Waals surface area contributed by atoms with E-state index in [0.717, 1.165) is 5.75 Å². The Bertz CT molecular complexity index is 535. The monoisotopic (exact) mass is 325 g/mol. The van der Waals surface area contributed by atoms with Gasteiger partial charge in [0.2, 0.25) is 5.91 Å². The number of hydrogen-bond acceptors (Lipinski definition) is 4. The summed E-state index contributed by atoms with van der Waals surface area (Å²) in [5.41, 5.74) is 0. The molecule has 2 rings (SSSR count). The molecule has 0 bridgehead atoms. The molecule has 0 aliphatic carbocycles. The van der Waals surface area contributed by atoms with Gasteiger partial charge in [-0.2, -0.15) is 0 Å². The van der Waals surface area contributed by atoms with Crippen molar-refractivity contribution in [2.24, 2.45) is 0 Å². The number of hydrogen-bond donors (Lipinski definition) is 1. The van der Waals surface area contributed by atoms with Gasteiger partial charge in [0.25, 0.3) is 0 Å². The number of halogens is 1. The normalized spacial score (nSPS) is 15.8. The van der Waals surface area contributed by atoms with Crippen LogP contribution < -0.4 is 10.1 Å². The topological polar surface area (TPSA) is 61.9 Å². The molecular weight excluding hydrogens is 306 g/mol. The van der Waals surface area contributed by atoms with Crippen molar-refractivity contribution in [2.75, 3.05) is 33.3 Å². The summed E-state index contributed by atoms with van der Waals surface area (Å²) in [7, 11) is 1.84. The number of nitrogens with one attached hydrogen (secondary N) is 1. The van der Waals surface area contributed by atoms with Crippen LogP contribution in [-0.2, 0) is 4.79 Å². The average molecular weight is 326 g/mol. The van der Waals surface area contributed by atoms with Crippen LogP contribution in [0.4, 0.5) is 4.79 Å². The van der Waals surface area contributed by atoms with Gasteiger partial charge in [-0.1, -0.05) is 11.6 Å². The number of likely N-dealkylation sites (N-methyl/N-ethyl adjacent to an activating group) is 1. The number of urea groups is 1. The van der Waals surface area contributed by atoms with E-state index in [1.807, 2.05) is 11.9 Å². The maximum Gasteiger partial charge on any atom is 0.324 e. The Morgan fingerprint density at radius 2 is 2.14 bits per heavy atom. The summed E-state index contributed by atoms with van der Waals surface area (Å²) in [5, 5.41) is 3.29. The zero-order valence-corrected chi connectivity index (χ0v) is 13.5. The van der Waals surface area contributed by atoms with Gasteiger partial charge in [-0.25, -0.2) is 4.79 Å². The molecule has 0 spiro atoms. The zero-order chi connectivity index (χ0) is 16.1. The van der Waals surface area contributed by atoms with E-state index in [9.17, 15) is 9.59 Å². The van der Waals surface area contributed by atoms with Gasteiger partial charge in [0.15, 0.2) is 0 Å². The highest BCUT2D eigenvalue weighted by Gasteiger charge is 2.31. The Balaban J connectivity index is 1.78. The van der Waals surface area contributed by atoms with E-state index in [1.54, 1.807) is 31.2 Å². The maximum atomic E-state index is 12.2. The molecule has 3 amide bonds. The summed E-state index contributed by atoms with van der Waals surface area (Å²) < 4.78 is 5.60. The summed E-state index contributed by atoms with van der Waals surface area (Å²) in [5.74, 6) is 0.541. The molecule has 1 aromatic rings. The predicted octanol–water partition coefficient (Wildman–Crippen LogP) is 1.59. The summed E-state index contributed by atoms with van der Waals surface area (Å²) in [6.45, 7) is 3.75. The third kappa shape index (κ3) is 4.11. The highest BCUT2D eigenvalue weighted by atomic mass is 35.5. The fourth-order valence-electron chi connectivity index (χ4n) is 2.13. The Morgan fingerprint density at radius 1 is 1.45 bits per heavy atom. The molecule has 0 aromatic heterocycles. The molecular formula is C15H20ClN3O3. The molecule has 0 saturated carbocycles. The molecule has 22 heavy (non-hydrogen) atoms. The number of amides is 3. The Hall–Kier alpha value is -1.79. The number of benzene rings is 1. The van der Waals surface area contributed by atoms with E-state index in [1.165, 1.54) is 4.90 Å². The van der Waals surface area contributed by atoms with E-state index in [4.69, 9.17) is 16.3 Å². The second-order valence-corrected chi connectivity index (χ2v) is 5.62. The number of ether oxygens (including phenoxy) is 1. The summed E-state index contributed by atoms with van der Waals surface area (Å²) in [6.07, 6.45) is 0. The third-order valence-corrected chi connectivity index (χ3v) is 3.92. The highest BCUT2D eigenvalue weighted by molar-refractivity contribution is 6.30. The van der Waals surface area contributed by atoms with E-state index >= 15 is 0 Å². The van der Waals surface area contributed by atoms with E-state index in [-0.39, 0.29) is 18.0 Å². The third-order valence-electron chi connectivity index (χ3n) is 3.67. The van der Waals surface area contributed by atoms with Crippen LogP contribution in [0, 0.1) is 0 Å². The first-order valence-corrected chi connectivity index (χ1v) is 7.54. The van der Waals surface area contributed by atoms with Crippen LogP contribution in [0.15, 0.2) is 24.3 Å². The molecule has 6 nitrogen and oxygen atoms in total. The van der Waals surface area contributed by atoms with Crippen molar-refractivity contribution >= 4 is 23.5 Å². The summed E-state index contributed by atoms with van der Waals surface area (Å²) in [6, 6.07) is 6.43. The first-order chi connectivity index (χ1) is 10.5. The molecule has 1 saturated heterocycles. The van der Waals surface area contributed by atoms with Crippen molar-refractivity contribution in [3.05, 3.63) is 29.3 Å². The first kappa shape index (κ1) is 16.6. The van der Waals surface area contributed by atoms with Crippen LogP contribution in [-0.4, -0.2) is 61.1 Å². The van der Waals surface area contributed by atoms with Gasteiger partial charge in [-0.05, 0) is 38.2 Å². The second kappa shape index (κ2) is 7.47. The SMILES string of the molecule is C[C@@H](C(=O)N1CCNC1=O)N(C)CCOc1ccc(Cl)cc1. The van der Waals surface area contributed by atoms with E-state index < -0.39 is 0 Å². The van der Waals surface area contributed by atoms with Gasteiger partial charge in [-0.15, -0.1) is 0 Å². The quantitative estimate of drug-likeness (QED) is 0.863. The number of carbonyl (C=O) groups excluding carboxylic acids is 2. The van der Waals surface area contributed by atoms with E-state index in [0.29, 0.717) is 31.3 Å². The summed E-state index contributed by atoms with van der Waals surface area (Å²) >= 11 is 5.81. The first-order valence-electron chi connectivity index (χ1n) is 7.17. The lowest BCUT2D eigenvalue weighted by Gasteiger charge is -2.26. The van der Waals surface area contributed by atoms with Crippen LogP contribution in [0.25, 0.3) is 0 Å². The molecule has 1 aliphatic heterocycles. The molecule has 0 radical (unpaired) electrons. The van der Waals surface area contributed by atoms with E-state index in [2.05, 4.69) is 5.32 Å². The molecule has 120 valence electrons. The lowest BCUT2D eigenvalue weighted by molar-refractivity contribution is -0.132. The van der Waals surface area contributed by atoms with Crippen molar-refractivity contribution < 1.29 is 14.3 Å². The Morgan fingerprint density at radius 3 is 2.73 bits per heavy atom. The number of imide groups is 1. The van der Waals surface area contributed by atoms with Gasteiger partial charge in [-0.3, -0.25) is 14.6 Å². The number of nitrogens with zero attached hydrogens (tertiary/aromatic N) is 2. The van der Waals surface area contributed by atoms with Crippen molar-refractivity contribution in [1.29, 1.82) is 0 Å². The summed E-state index contributed by atoms with van der Waals surface area (Å²) in [4.78, 5) is 26.9. The van der Waals surface area contributed by atoms with Gasteiger partial charge in [0, 0.05) is 24.7 Å². The minimum absolute atomic E-state index is 0.191. The standard InChI is InChI=1S/C15H20ClN3O3/c1-11(14(20)19-8-7-17-15(19)21)18(2)9-10-22-13-5-3-12(16)4-6-13/h3-6,11H,7-10H2,1-2H3,(H,17,21)/t11-/m0/s1. The van der Waals surface area contributed by atoms with Crippen molar-refractivity contribution in [3.63, 3.8) is 0 Å². The lowest BCUT2D eigenvalue weighted by Crippen LogP contribution is -2.47. The molecule has 7 heteroatoms. The Kier molecular flexibility index (Phi) is 5.63. The molecule has 1 aliphatic rings. The number of carbonyl (C=O) groups is 2. The average Bonchev–Trinajstić information content (AvgIpc) is 2.93. The molecule has 1 fully saturated rings. The Labute approximate surface area is 135 Å². The lowest BCUT2D eigenvalue weighted by atomic mass is 10.2. The fourth-order valence-corrected chi connectivity index (χ4v) is 2.25. The number of rotatable bonds is 6. The predicted molar refractivity (Wildman–Crippen MR) is 84.2 cm³/mol. The van der Waals surface area contributed by atoms with Gasteiger partial charge < -0.3 is 10.1 Å². The van der Waals surface area contributed by atoms with Gasteiger partial charge in [0.05, 0.1) is 6.04 Å². The van der Waals surface area contributed by atoms with Crippen LogP contribution >= 0.6 is 11.6 Å². The zero-order valence-electron chi connectivity index (χ0n) is 12.7. The maximum absolute atomic E-state index is 12.2. The van der Waals surface area contributed by atoms with Crippen molar-refractivity contribution in [2.45, 2.75) is 13.0 Å². The highest BCUT2D eigenvalue weighted by Crippen LogP contribution is 2.15.